The number of H-pyrrole nitrogens is 1. The van der Waals surface area contributed by atoms with Crippen molar-refractivity contribution >= 4 is 22.8 Å². The van der Waals surface area contributed by atoms with Crippen LogP contribution in [0.1, 0.15) is 50.5 Å². The van der Waals surface area contributed by atoms with E-state index in [1.807, 2.05) is 36.9 Å². The summed E-state index contributed by atoms with van der Waals surface area (Å²) in [7, 11) is 0. The average molecular weight is 329 g/mol. The molecule has 2 aromatic rings. The molecule has 3 atom stereocenters. The fourth-order valence-electron chi connectivity index (χ4n) is 3.45. The Kier molecular flexibility index (Phi) is 4.55. The number of benzene rings is 1. The normalized spacial score (nSPS) is 22.4. The molecule has 1 aromatic carbocycles. The molecule has 0 saturated carbocycles. The van der Waals surface area contributed by atoms with Gasteiger partial charge in [0.15, 0.2) is 11.8 Å². The molecule has 0 unspecified atom stereocenters. The SMILES string of the molecule is C[C@@H](OC(=O)c1n[nH]c2ccccc12)C(=O)N1[C@@H](C)CCC[C@@H]1C. The Bertz CT molecular complexity index is 745. The van der Waals surface area contributed by atoms with Gasteiger partial charge in [-0.1, -0.05) is 18.2 Å². The monoisotopic (exact) mass is 329 g/mol. The number of esters is 1. The number of ether oxygens (including phenoxy) is 1. The molecule has 24 heavy (non-hydrogen) atoms. The van der Waals surface area contributed by atoms with Crippen LogP contribution in [0.2, 0.25) is 0 Å². The van der Waals surface area contributed by atoms with Crippen LogP contribution in [0.3, 0.4) is 0 Å². The van der Waals surface area contributed by atoms with E-state index in [2.05, 4.69) is 10.2 Å². The maximum Gasteiger partial charge on any atom is 0.360 e. The second-order valence-electron chi connectivity index (χ2n) is 6.54. The number of carbonyl (C=O) groups is 2. The van der Waals surface area contributed by atoms with Crippen molar-refractivity contribution in [1.29, 1.82) is 0 Å². The first-order chi connectivity index (χ1) is 11.5. The summed E-state index contributed by atoms with van der Waals surface area (Å²) in [5.74, 6) is -0.714. The van der Waals surface area contributed by atoms with Crippen LogP contribution in [0.15, 0.2) is 24.3 Å². The fraction of sp³-hybridized carbons (Fsp3) is 0.500. The Balaban J connectivity index is 1.73. The van der Waals surface area contributed by atoms with Gasteiger partial charge in [0, 0.05) is 17.5 Å². The van der Waals surface area contributed by atoms with Crippen LogP contribution in [-0.2, 0) is 9.53 Å². The summed E-state index contributed by atoms with van der Waals surface area (Å²) in [6.07, 6.45) is 2.28. The largest absolute Gasteiger partial charge is 0.448 e. The summed E-state index contributed by atoms with van der Waals surface area (Å²) in [5, 5.41) is 7.52. The minimum absolute atomic E-state index is 0.136. The van der Waals surface area contributed by atoms with E-state index in [0.717, 1.165) is 24.8 Å². The number of nitrogens with one attached hydrogen (secondary N) is 1. The summed E-state index contributed by atoms with van der Waals surface area (Å²) in [5.41, 5.74) is 0.978. The highest BCUT2D eigenvalue weighted by molar-refractivity contribution is 6.02. The van der Waals surface area contributed by atoms with Crippen molar-refractivity contribution in [2.24, 2.45) is 0 Å². The number of aromatic amines is 1. The van der Waals surface area contributed by atoms with Crippen molar-refractivity contribution in [3.8, 4) is 0 Å². The van der Waals surface area contributed by atoms with Crippen molar-refractivity contribution in [1.82, 2.24) is 15.1 Å². The minimum atomic E-state index is -0.823. The van der Waals surface area contributed by atoms with E-state index >= 15 is 0 Å². The van der Waals surface area contributed by atoms with E-state index in [4.69, 9.17) is 4.74 Å². The molecular weight excluding hydrogens is 306 g/mol. The molecule has 1 aliphatic heterocycles. The summed E-state index contributed by atoms with van der Waals surface area (Å²) >= 11 is 0. The zero-order chi connectivity index (χ0) is 17.3. The number of piperidine rings is 1. The van der Waals surface area contributed by atoms with Crippen LogP contribution in [0.4, 0.5) is 0 Å². The van der Waals surface area contributed by atoms with Gasteiger partial charge in [-0.3, -0.25) is 9.89 Å². The summed E-state index contributed by atoms with van der Waals surface area (Å²) < 4.78 is 5.40. The third-order valence-corrected chi connectivity index (χ3v) is 4.74. The lowest BCUT2D eigenvalue weighted by Gasteiger charge is -2.40. The van der Waals surface area contributed by atoms with Crippen LogP contribution < -0.4 is 0 Å². The highest BCUT2D eigenvalue weighted by Gasteiger charge is 2.33. The smallest absolute Gasteiger partial charge is 0.360 e. The third kappa shape index (κ3) is 3.00. The molecule has 1 amide bonds. The Morgan fingerprint density at radius 1 is 1.25 bits per heavy atom. The molecular formula is C18H23N3O3. The van der Waals surface area contributed by atoms with E-state index in [1.165, 1.54) is 0 Å². The Morgan fingerprint density at radius 2 is 1.92 bits per heavy atom. The van der Waals surface area contributed by atoms with E-state index in [-0.39, 0.29) is 23.7 Å². The lowest BCUT2D eigenvalue weighted by atomic mass is 9.97. The van der Waals surface area contributed by atoms with E-state index < -0.39 is 12.1 Å². The standard InChI is InChI=1S/C18H23N3O3/c1-11-7-6-8-12(2)21(11)17(22)13(3)24-18(23)16-14-9-4-5-10-15(14)19-20-16/h4-5,9-13H,6-8H2,1-3H3,(H,19,20)/t11-,12-,13+/m0/s1. The fourth-order valence-corrected chi connectivity index (χ4v) is 3.45. The topological polar surface area (TPSA) is 75.3 Å². The first kappa shape index (κ1) is 16.5. The van der Waals surface area contributed by atoms with Gasteiger partial charge in [-0.15, -0.1) is 0 Å². The predicted molar refractivity (Wildman–Crippen MR) is 90.6 cm³/mol. The second-order valence-corrected chi connectivity index (χ2v) is 6.54. The lowest BCUT2D eigenvalue weighted by Crippen LogP contribution is -2.51. The molecule has 1 aliphatic rings. The summed E-state index contributed by atoms with van der Waals surface area (Å²) in [4.78, 5) is 27.0. The zero-order valence-electron chi connectivity index (χ0n) is 14.3. The molecule has 6 heteroatoms. The molecule has 2 heterocycles. The van der Waals surface area contributed by atoms with Gasteiger partial charge in [-0.2, -0.15) is 5.10 Å². The van der Waals surface area contributed by atoms with Crippen LogP contribution in [0, 0.1) is 0 Å². The van der Waals surface area contributed by atoms with E-state index in [1.54, 1.807) is 13.0 Å². The van der Waals surface area contributed by atoms with E-state index in [9.17, 15) is 9.59 Å². The van der Waals surface area contributed by atoms with Gasteiger partial charge < -0.3 is 9.64 Å². The van der Waals surface area contributed by atoms with Crippen molar-refractivity contribution < 1.29 is 14.3 Å². The molecule has 1 aromatic heterocycles. The molecule has 0 aliphatic carbocycles. The van der Waals surface area contributed by atoms with Crippen molar-refractivity contribution in [3.63, 3.8) is 0 Å². The maximum absolute atomic E-state index is 12.7. The van der Waals surface area contributed by atoms with Gasteiger partial charge in [-0.25, -0.2) is 4.79 Å². The average Bonchev–Trinajstić information content (AvgIpc) is 2.98. The molecule has 0 spiro atoms. The minimum Gasteiger partial charge on any atom is -0.448 e. The zero-order valence-corrected chi connectivity index (χ0v) is 14.3. The van der Waals surface area contributed by atoms with Gasteiger partial charge in [-0.05, 0) is 46.1 Å². The molecule has 1 fully saturated rings. The number of aromatic nitrogens is 2. The summed E-state index contributed by atoms with van der Waals surface area (Å²) in [6.45, 7) is 5.72. The Morgan fingerprint density at radius 3 is 2.62 bits per heavy atom. The lowest BCUT2D eigenvalue weighted by molar-refractivity contribution is -0.146. The number of hydrogen-bond acceptors (Lipinski definition) is 4. The van der Waals surface area contributed by atoms with Crippen molar-refractivity contribution in [2.45, 2.75) is 58.2 Å². The second kappa shape index (κ2) is 6.63. The molecule has 3 rings (SSSR count). The van der Waals surface area contributed by atoms with Crippen molar-refractivity contribution in [3.05, 3.63) is 30.0 Å². The van der Waals surface area contributed by atoms with Gasteiger partial charge in [0.2, 0.25) is 0 Å². The molecule has 1 N–H and O–H groups in total. The number of rotatable bonds is 3. The molecule has 128 valence electrons. The first-order valence-electron chi connectivity index (χ1n) is 8.45. The number of amides is 1. The molecule has 6 nitrogen and oxygen atoms in total. The van der Waals surface area contributed by atoms with Crippen LogP contribution in [-0.4, -0.2) is 45.2 Å². The van der Waals surface area contributed by atoms with Crippen LogP contribution in [0.5, 0.6) is 0 Å². The number of carbonyl (C=O) groups excluding carboxylic acids is 2. The molecule has 1 saturated heterocycles. The van der Waals surface area contributed by atoms with Gasteiger partial charge in [0.1, 0.15) is 0 Å². The predicted octanol–water partition coefficient (Wildman–Crippen LogP) is 2.90. The van der Waals surface area contributed by atoms with Crippen LogP contribution >= 0.6 is 0 Å². The van der Waals surface area contributed by atoms with Crippen LogP contribution in [0.25, 0.3) is 10.9 Å². The third-order valence-electron chi connectivity index (χ3n) is 4.74. The number of fused-ring (bicyclic) bond motifs is 1. The van der Waals surface area contributed by atoms with Gasteiger partial charge in [0.05, 0.1) is 5.52 Å². The van der Waals surface area contributed by atoms with Gasteiger partial charge in [0.25, 0.3) is 5.91 Å². The number of hydrogen-bond donors (Lipinski definition) is 1. The van der Waals surface area contributed by atoms with E-state index in [0.29, 0.717) is 5.39 Å². The molecule has 0 radical (unpaired) electrons. The first-order valence-corrected chi connectivity index (χ1v) is 8.45. The quantitative estimate of drug-likeness (QED) is 0.879. The highest BCUT2D eigenvalue weighted by atomic mass is 16.5. The maximum atomic E-state index is 12.7. The molecule has 0 bridgehead atoms. The number of para-hydroxylation sites is 1. The number of nitrogens with zero attached hydrogens (tertiary/aromatic N) is 2. The van der Waals surface area contributed by atoms with Crippen molar-refractivity contribution in [2.75, 3.05) is 0 Å². The van der Waals surface area contributed by atoms with Gasteiger partial charge >= 0.3 is 5.97 Å². The Hall–Kier alpha value is -2.37. The number of likely N-dealkylation sites (tertiary alicyclic amines) is 1. The highest BCUT2D eigenvalue weighted by Crippen LogP contribution is 2.24. The summed E-state index contributed by atoms with van der Waals surface area (Å²) in [6, 6.07) is 7.69. The Labute approximate surface area is 141 Å².